The Hall–Kier alpha value is -4.19. The third-order valence-corrected chi connectivity index (χ3v) is 14.0. The van der Waals surface area contributed by atoms with Gasteiger partial charge in [0.05, 0.1) is 0 Å². The molecule has 0 saturated heterocycles. The zero-order chi connectivity index (χ0) is 57.1. The van der Waals surface area contributed by atoms with Gasteiger partial charge in [-0.15, -0.1) is 0 Å². The summed E-state index contributed by atoms with van der Waals surface area (Å²) in [6.45, 7) is 6.38. The Morgan fingerprint density at radius 1 is 0.266 bits per heavy atom. The van der Waals surface area contributed by atoms with E-state index in [1.165, 1.54) is 141 Å². The number of ether oxygens (including phenoxy) is 3. The summed E-state index contributed by atoms with van der Waals surface area (Å²) in [5.41, 5.74) is 0. The second-order valence-corrected chi connectivity index (χ2v) is 21.6. The van der Waals surface area contributed by atoms with Crippen LogP contribution in [0.4, 0.5) is 0 Å². The fraction of sp³-hybridized carbons (Fsp3) is 0.685. The first-order valence-electron chi connectivity index (χ1n) is 33.0. The monoisotopic (exact) mass is 1090 g/mol. The quantitative estimate of drug-likeness (QED) is 0.0261. The Morgan fingerprint density at radius 2 is 0.494 bits per heavy atom. The molecular weight excluding hydrogens is 973 g/mol. The van der Waals surface area contributed by atoms with Gasteiger partial charge in [-0.2, -0.15) is 0 Å². The SMILES string of the molecule is CC/C=C\C/C=C\C/C=C\C/C=C\C/C=C\C/C=C\CCCCCCCCCCCCCCCCCCC(=O)OCC(COC(=O)CCCCCCCCCCCCC)OC(=O)CCCC/C=C\C/C=C\C/C=C\C/C=C\CC. The minimum atomic E-state index is -0.798. The molecule has 0 fully saturated rings. The van der Waals surface area contributed by atoms with Crippen LogP contribution in [-0.4, -0.2) is 37.2 Å². The van der Waals surface area contributed by atoms with Crippen molar-refractivity contribution in [3.05, 3.63) is 122 Å². The number of allylic oxidation sites excluding steroid dienone is 20. The highest BCUT2D eigenvalue weighted by atomic mass is 16.6. The zero-order valence-corrected chi connectivity index (χ0v) is 51.6. The van der Waals surface area contributed by atoms with Crippen LogP contribution < -0.4 is 0 Å². The minimum absolute atomic E-state index is 0.0921. The average molecular weight is 1100 g/mol. The van der Waals surface area contributed by atoms with Crippen LogP contribution in [-0.2, 0) is 28.6 Å². The second-order valence-electron chi connectivity index (χ2n) is 21.6. The summed E-state index contributed by atoms with van der Waals surface area (Å²) in [6, 6.07) is 0. The number of carbonyl (C=O) groups is 3. The summed E-state index contributed by atoms with van der Waals surface area (Å²) in [6.07, 6.45) is 92.3. The molecule has 0 bridgehead atoms. The summed E-state index contributed by atoms with van der Waals surface area (Å²) in [5, 5.41) is 0. The van der Waals surface area contributed by atoms with Gasteiger partial charge in [0, 0.05) is 19.3 Å². The molecule has 0 aromatic carbocycles. The Kier molecular flexibility index (Phi) is 62.8. The fourth-order valence-electron chi connectivity index (χ4n) is 9.09. The van der Waals surface area contributed by atoms with Crippen LogP contribution in [0.3, 0.4) is 0 Å². The number of hydrogen-bond acceptors (Lipinski definition) is 6. The van der Waals surface area contributed by atoms with Crippen molar-refractivity contribution < 1.29 is 28.6 Å². The summed E-state index contributed by atoms with van der Waals surface area (Å²) >= 11 is 0. The Balaban J connectivity index is 4.14. The first kappa shape index (κ1) is 74.8. The fourth-order valence-corrected chi connectivity index (χ4v) is 9.09. The van der Waals surface area contributed by atoms with Gasteiger partial charge in [0.1, 0.15) is 13.2 Å². The normalized spacial score (nSPS) is 12.9. The predicted octanol–water partition coefficient (Wildman–Crippen LogP) is 22.8. The molecule has 0 spiro atoms. The van der Waals surface area contributed by atoms with Crippen molar-refractivity contribution in [2.75, 3.05) is 13.2 Å². The first-order valence-corrected chi connectivity index (χ1v) is 33.0. The third-order valence-electron chi connectivity index (χ3n) is 14.0. The van der Waals surface area contributed by atoms with Gasteiger partial charge in [0.15, 0.2) is 6.10 Å². The van der Waals surface area contributed by atoms with Gasteiger partial charge in [-0.25, -0.2) is 0 Å². The van der Waals surface area contributed by atoms with Crippen LogP contribution in [0.1, 0.15) is 303 Å². The lowest BCUT2D eigenvalue weighted by Gasteiger charge is -2.18. The number of rotatable bonds is 59. The van der Waals surface area contributed by atoms with Gasteiger partial charge in [0.2, 0.25) is 0 Å². The van der Waals surface area contributed by atoms with Gasteiger partial charge in [-0.05, 0) is 109 Å². The molecule has 6 nitrogen and oxygen atoms in total. The van der Waals surface area contributed by atoms with Crippen LogP contribution >= 0.6 is 0 Å². The molecule has 79 heavy (non-hydrogen) atoms. The molecule has 0 aromatic rings. The van der Waals surface area contributed by atoms with Gasteiger partial charge in [-0.3, -0.25) is 14.4 Å². The molecule has 0 heterocycles. The number of unbranched alkanes of at least 4 members (excludes halogenated alkanes) is 28. The highest BCUT2D eigenvalue weighted by Gasteiger charge is 2.19. The topological polar surface area (TPSA) is 78.9 Å². The number of esters is 3. The van der Waals surface area contributed by atoms with Gasteiger partial charge < -0.3 is 14.2 Å². The maximum absolute atomic E-state index is 12.8. The molecule has 0 amide bonds. The molecule has 0 aliphatic carbocycles. The molecule has 0 aliphatic heterocycles. The maximum atomic E-state index is 12.8. The van der Waals surface area contributed by atoms with Crippen molar-refractivity contribution in [3.8, 4) is 0 Å². The lowest BCUT2D eigenvalue weighted by Crippen LogP contribution is -2.30. The number of hydrogen-bond donors (Lipinski definition) is 0. The molecule has 0 aromatic heterocycles. The van der Waals surface area contributed by atoms with E-state index < -0.39 is 6.10 Å². The van der Waals surface area contributed by atoms with Gasteiger partial charge >= 0.3 is 17.9 Å². The highest BCUT2D eigenvalue weighted by molar-refractivity contribution is 5.71. The van der Waals surface area contributed by atoms with Gasteiger partial charge in [-0.1, -0.05) is 296 Å². The molecule has 0 N–H and O–H groups in total. The Bertz CT molecular complexity index is 1640. The van der Waals surface area contributed by atoms with Crippen molar-refractivity contribution in [1.29, 1.82) is 0 Å². The van der Waals surface area contributed by atoms with Crippen molar-refractivity contribution in [1.82, 2.24) is 0 Å². The van der Waals surface area contributed by atoms with Crippen molar-refractivity contribution in [2.45, 2.75) is 309 Å². The smallest absolute Gasteiger partial charge is 0.306 e. The molecule has 1 unspecified atom stereocenters. The molecule has 1 atom stereocenters. The van der Waals surface area contributed by atoms with Crippen LogP contribution in [0.25, 0.3) is 0 Å². The van der Waals surface area contributed by atoms with Crippen LogP contribution in [0, 0.1) is 0 Å². The lowest BCUT2D eigenvalue weighted by atomic mass is 10.0. The van der Waals surface area contributed by atoms with E-state index in [2.05, 4.69) is 142 Å². The van der Waals surface area contributed by atoms with Crippen LogP contribution in [0.2, 0.25) is 0 Å². The second kappa shape index (κ2) is 66.3. The van der Waals surface area contributed by atoms with Crippen molar-refractivity contribution in [2.24, 2.45) is 0 Å². The van der Waals surface area contributed by atoms with E-state index in [-0.39, 0.29) is 37.5 Å². The van der Waals surface area contributed by atoms with E-state index in [4.69, 9.17) is 14.2 Å². The molecular formula is C73H122O6. The first-order chi connectivity index (χ1) is 39.0. The molecule has 6 heteroatoms. The van der Waals surface area contributed by atoms with Crippen LogP contribution in [0.15, 0.2) is 122 Å². The van der Waals surface area contributed by atoms with Crippen molar-refractivity contribution in [3.63, 3.8) is 0 Å². The highest BCUT2D eigenvalue weighted by Crippen LogP contribution is 2.16. The maximum Gasteiger partial charge on any atom is 0.306 e. The van der Waals surface area contributed by atoms with Crippen molar-refractivity contribution >= 4 is 17.9 Å². The van der Waals surface area contributed by atoms with E-state index in [0.717, 1.165) is 116 Å². The lowest BCUT2D eigenvalue weighted by molar-refractivity contribution is -0.167. The molecule has 0 radical (unpaired) electrons. The third kappa shape index (κ3) is 64.5. The Labute approximate surface area is 488 Å². The van der Waals surface area contributed by atoms with E-state index in [1.807, 2.05) is 0 Å². The van der Waals surface area contributed by atoms with Gasteiger partial charge in [0.25, 0.3) is 0 Å². The largest absolute Gasteiger partial charge is 0.462 e. The average Bonchev–Trinajstić information content (AvgIpc) is 3.45. The minimum Gasteiger partial charge on any atom is -0.462 e. The Morgan fingerprint density at radius 3 is 0.797 bits per heavy atom. The van der Waals surface area contributed by atoms with E-state index in [9.17, 15) is 14.4 Å². The summed E-state index contributed by atoms with van der Waals surface area (Å²) in [7, 11) is 0. The number of carbonyl (C=O) groups excluding carboxylic acids is 3. The molecule has 0 saturated carbocycles. The van der Waals surface area contributed by atoms with E-state index in [1.54, 1.807) is 0 Å². The predicted molar refractivity (Wildman–Crippen MR) is 343 cm³/mol. The zero-order valence-electron chi connectivity index (χ0n) is 51.6. The standard InChI is InChI=1S/C73H122O6/c1-4-7-10-13-16-19-22-24-26-27-28-29-30-31-32-33-34-35-36-37-38-39-40-41-42-43-44-45-47-48-51-54-57-60-63-66-72(75)78-69-70(68-77-71(74)65-62-59-56-53-50-21-18-15-12-9-6-3)79-73(76)67-64-61-58-55-52-49-46-25-23-20-17-14-11-8-5-2/h7-8,10-11,16-17,19-20,24-26,28-29,31-32,34-35,46,52,55,70H,4-6,9,12-15,18,21-23,27,30,33,36-45,47-51,53-54,56-69H2,1-3H3/b10-7-,11-8-,19-16-,20-17-,26-24-,29-28-,32-31-,35-34-,46-25-,55-52-. The van der Waals surface area contributed by atoms with E-state index >= 15 is 0 Å². The van der Waals surface area contributed by atoms with E-state index in [0.29, 0.717) is 19.3 Å². The molecule has 450 valence electrons. The molecule has 0 rings (SSSR count). The summed E-state index contributed by atoms with van der Waals surface area (Å²) in [4.78, 5) is 38.2. The van der Waals surface area contributed by atoms with Crippen LogP contribution in [0.5, 0.6) is 0 Å². The molecule has 0 aliphatic rings. The summed E-state index contributed by atoms with van der Waals surface area (Å²) in [5.74, 6) is -0.928. The summed E-state index contributed by atoms with van der Waals surface area (Å²) < 4.78 is 16.9.